The van der Waals surface area contributed by atoms with Crippen molar-refractivity contribution in [2.75, 3.05) is 15.9 Å². The largest absolute Gasteiger partial charge is 0.351 e. The van der Waals surface area contributed by atoms with Crippen LogP contribution in [0.15, 0.2) is 79.0 Å². The molecule has 1 aliphatic rings. The molecule has 190 valence electrons. The number of benzene rings is 2. The van der Waals surface area contributed by atoms with Gasteiger partial charge < -0.3 is 14.8 Å². The predicted octanol–water partition coefficient (Wildman–Crippen LogP) is 5.35. The van der Waals surface area contributed by atoms with Crippen molar-refractivity contribution in [3.63, 3.8) is 0 Å². The minimum Gasteiger partial charge on any atom is -0.351 e. The Hall–Kier alpha value is -3.69. The molecule has 3 heterocycles. The van der Waals surface area contributed by atoms with E-state index in [2.05, 4.69) is 75.6 Å². The minimum absolute atomic E-state index is 0.165. The Labute approximate surface area is 223 Å². The number of hydrogen-bond acceptors (Lipinski definition) is 4. The van der Waals surface area contributed by atoms with Gasteiger partial charge in [-0.05, 0) is 93.1 Å². The van der Waals surface area contributed by atoms with Crippen LogP contribution in [0.4, 0.5) is 11.4 Å². The SMILES string of the molecule is Cc1ccc(-n2c(C)cc([C@H]3[C@@H](c4ccccn4)NC(=S)N3c3ccc(NS(C)(=O)=O)cc3)c2C)cc1. The van der Waals surface area contributed by atoms with Crippen LogP contribution >= 0.6 is 12.2 Å². The van der Waals surface area contributed by atoms with Gasteiger partial charge in [0.1, 0.15) is 0 Å². The van der Waals surface area contributed by atoms with E-state index in [1.165, 1.54) is 5.56 Å². The van der Waals surface area contributed by atoms with E-state index >= 15 is 0 Å². The second-order valence-corrected chi connectivity index (χ2v) is 11.6. The van der Waals surface area contributed by atoms with Gasteiger partial charge >= 0.3 is 0 Å². The van der Waals surface area contributed by atoms with E-state index in [0.29, 0.717) is 10.8 Å². The van der Waals surface area contributed by atoms with Gasteiger partial charge in [0.15, 0.2) is 5.11 Å². The molecule has 1 aliphatic heterocycles. The van der Waals surface area contributed by atoms with E-state index < -0.39 is 10.0 Å². The molecule has 0 unspecified atom stereocenters. The zero-order valence-corrected chi connectivity index (χ0v) is 22.8. The second-order valence-electron chi connectivity index (χ2n) is 9.42. The van der Waals surface area contributed by atoms with E-state index in [-0.39, 0.29) is 12.1 Å². The van der Waals surface area contributed by atoms with Gasteiger partial charge in [0, 0.05) is 34.6 Å². The molecule has 2 N–H and O–H groups in total. The third kappa shape index (κ3) is 4.97. The topological polar surface area (TPSA) is 79.3 Å². The Balaban J connectivity index is 1.62. The lowest BCUT2D eigenvalue weighted by molar-refractivity contribution is 0.565. The number of aromatic nitrogens is 2. The summed E-state index contributed by atoms with van der Waals surface area (Å²) < 4.78 is 28.1. The normalized spacial score (nSPS) is 17.6. The van der Waals surface area contributed by atoms with Gasteiger partial charge in [-0.25, -0.2) is 8.42 Å². The van der Waals surface area contributed by atoms with Gasteiger partial charge in [0.25, 0.3) is 0 Å². The molecule has 0 spiro atoms. The van der Waals surface area contributed by atoms with Crippen LogP contribution in [0.25, 0.3) is 5.69 Å². The summed E-state index contributed by atoms with van der Waals surface area (Å²) in [5.41, 5.74) is 7.97. The fourth-order valence-electron chi connectivity index (χ4n) is 5.03. The number of nitrogens with one attached hydrogen (secondary N) is 2. The Kier molecular flexibility index (Phi) is 6.51. The van der Waals surface area contributed by atoms with E-state index in [1.807, 2.05) is 30.3 Å². The van der Waals surface area contributed by atoms with Gasteiger partial charge in [-0.2, -0.15) is 0 Å². The van der Waals surface area contributed by atoms with Gasteiger partial charge in [-0.1, -0.05) is 23.8 Å². The summed E-state index contributed by atoms with van der Waals surface area (Å²) >= 11 is 5.86. The lowest BCUT2D eigenvalue weighted by Crippen LogP contribution is -2.29. The number of rotatable bonds is 6. The molecule has 0 amide bonds. The molecule has 7 nitrogen and oxygen atoms in total. The molecule has 9 heteroatoms. The van der Waals surface area contributed by atoms with Crippen LogP contribution in [0.1, 0.15) is 40.3 Å². The number of nitrogens with zero attached hydrogens (tertiary/aromatic N) is 3. The third-order valence-electron chi connectivity index (χ3n) is 6.63. The first-order valence-corrected chi connectivity index (χ1v) is 14.3. The maximum Gasteiger partial charge on any atom is 0.229 e. The Bertz CT molecular complexity index is 1550. The lowest BCUT2D eigenvalue weighted by atomic mass is 9.96. The molecule has 0 aliphatic carbocycles. The molecule has 2 aromatic carbocycles. The number of thiocarbonyl (C=S) groups is 1. The van der Waals surface area contributed by atoms with E-state index in [0.717, 1.165) is 40.3 Å². The quantitative estimate of drug-likeness (QED) is 0.327. The molecule has 1 fully saturated rings. The smallest absolute Gasteiger partial charge is 0.229 e. The van der Waals surface area contributed by atoms with Crippen molar-refractivity contribution in [2.45, 2.75) is 32.9 Å². The van der Waals surface area contributed by atoms with Gasteiger partial charge in [-0.3, -0.25) is 9.71 Å². The average Bonchev–Trinajstić information content (AvgIpc) is 3.35. The summed E-state index contributed by atoms with van der Waals surface area (Å²) in [6, 6.07) is 23.6. The number of pyridine rings is 1. The molecule has 0 radical (unpaired) electrons. The van der Waals surface area contributed by atoms with Crippen LogP contribution in [-0.2, 0) is 10.0 Å². The number of hydrogen-bond donors (Lipinski definition) is 2. The van der Waals surface area contributed by atoms with Crippen molar-refractivity contribution < 1.29 is 8.42 Å². The summed E-state index contributed by atoms with van der Waals surface area (Å²) in [6.45, 7) is 6.33. The molecule has 2 aromatic heterocycles. The molecule has 0 bridgehead atoms. The van der Waals surface area contributed by atoms with Crippen molar-refractivity contribution in [1.29, 1.82) is 0 Å². The zero-order valence-electron chi connectivity index (χ0n) is 21.1. The first-order valence-electron chi connectivity index (χ1n) is 12.0. The molecule has 1 saturated heterocycles. The highest BCUT2D eigenvalue weighted by atomic mass is 32.2. The number of sulfonamides is 1. The summed E-state index contributed by atoms with van der Waals surface area (Å²) in [4.78, 5) is 6.75. The molecule has 0 saturated carbocycles. The monoisotopic (exact) mass is 531 g/mol. The molecule has 37 heavy (non-hydrogen) atoms. The van der Waals surface area contributed by atoms with Gasteiger partial charge in [0.05, 0.1) is 24.0 Å². The van der Waals surface area contributed by atoms with Crippen LogP contribution in [0.2, 0.25) is 0 Å². The van der Waals surface area contributed by atoms with Crippen LogP contribution in [0.3, 0.4) is 0 Å². The average molecular weight is 532 g/mol. The van der Waals surface area contributed by atoms with Crippen molar-refractivity contribution in [2.24, 2.45) is 0 Å². The highest BCUT2D eigenvalue weighted by molar-refractivity contribution is 7.92. The summed E-state index contributed by atoms with van der Waals surface area (Å²) in [5.74, 6) is 0. The maximum absolute atomic E-state index is 11.7. The van der Waals surface area contributed by atoms with Crippen molar-refractivity contribution in [3.8, 4) is 5.69 Å². The van der Waals surface area contributed by atoms with Crippen LogP contribution in [-0.4, -0.2) is 29.3 Å². The number of aryl methyl sites for hydroxylation is 2. The summed E-state index contributed by atoms with van der Waals surface area (Å²) in [7, 11) is -3.37. The standard InChI is InChI=1S/C28H29N5O2S2/c1-18-8-12-22(13-9-18)32-19(2)17-24(20(32)3)27-26(25-7-5-6-16-29-25)30-28(36)33(27)23-14-10-21(11-15-23)31-37(4,34)35/h5-17,26-27,31H,1-4H3,(H,30,36)/t26-,27+/m1/s1. The van der Waals surface area contributed by atoms with Crippen molar-refractivity contribution >= 4 is 38.7 Å². The maximum atomic E-state index is 11.7. The zero-order chi connectivity index (χ0) is 26.3. The summed E-state index contributed by atoms with van der Waals surface area (Å²) in [6.07, 6.45) is 2.93. The Morgan fingerprint density at radius 3 is 2.24 bits per heavy atom. The van der Waals surface area contributed by atoms with E-state index in [9.17, 15) is 8.42 Å². The highest BCUT2D eigenvalue weighted by Crippen LogP contribution is 2.44. The molecule has 2 atom stereocenters. The fourth-order valence-corrected chi connectivity index (χ4v) is 5.94. The molecule has 5 rings (SSSR count). The fraction of sp³-hybridized carbons (Fsp3) is 0.214. The van der Waals surface area contributed by atoms with Crippen molar-refractivity contribution in [3.05, 3.63) is 107 Å². The first kappa shape index (κ1) is 25.0. The van der Waals surface area contributed by atoms with E-state index in [1.54, 1.807) is 18.3 Å². The predicted molar refractivity (Wildman–Crippen MR) is 153 cm³/mol. The molecular formula is C28H29N5O2S2. The van der Waals surface area contributed by atoms with Crippen LogP contribution < -0.4 is 14.9 Å². The first-order chi connectivity index (χ1) is 17.6. The van der Waals surface area contributed by atoms with Crippen LogP contribution in [0, 0.1) is 20.8 Å². The minimum atomic E-state index is -3.37. The Morgan fingerprint density at radius 1 is 0.946 bits per heavy atom. The Morgan fingerprint density at radius 2 is 1.62 bits per heavy atom. The highest BCUT2D eigenvalue weighted by Gasteiger charge is 2.42. The van der Waals surface area contributed by atoms with Crippen LogP contribution in [0.5, 0.6) is 0 Å². The second kappa shape index (κ2) is 9.64. The molecule has 4 aromatic rings. The number of anilines is 2. The third-order valence-corrected chi connectivity index (χ3v) is 7.55. The van der Waals surface area contributed by atoms with E-state index in [4.69, 9.17) is 12.2 Å². The van der Waals surface area contributed by atoms with Crippen molar-refractivity contribution in [1.82, 2.24) is 14.9 Å². The molecular weight excluding hydrogens is 502 g/mol. The lowest BCUT2D eigenvalue weighted by Gasteiger charge is -2.28. The van der Waals surface area contributed by atoms with Gasteiger partial charge in [-0.15, -0.1) is 0 Å². The summed E-state index contributed by atoms with van der Waals surface area (Å²) in [5, 5.41) is 4.09. The van der Waals surface area contributed by atoms with Gasteiger partial charge in [0.2, 0.25) is 10.0 Å².